The molecule has 1 amide bonds. The van der Waals surface area contributed by atoms with Gasteiger partial charge in [0, 0.05) is 12.3 Å². The minimum atomic E-state index is -4.84. The number of fused-ring (bicyclic) bond motifs is 1. The molecular formula is C12H13F3N4O2. The minimum absolute atomic E-state index is 0.0208. The maximum absolute atomic E-state index is 12.6. The molecule has 0 unspecified atom stereocenters. The summed E-state index contributed by atoms with van der Waals surface area (Å²) in [5.74, 6) is -0.792. The van der Waals surface area contributed by atoms with Gasteiger partial charge in [0.05, 0.1) is 11.7 Å². The fourth-order valence-corrected chi connectivity index (χ4v) is 1.84. The quantitative estimate of drug-likeness (QED) is 0.891. The number of hydrogen-bond acceptors (Lipinski definition) is 4. The lowest BCUT2D eigenvalue weighted by Crippen LogP contribution is -2.57. The lowest BCUT2D eigenvalue weighted by atomic mass is 9.96. The fourth-order valence-electron chi connectivity index (χ4n) is 1.84. The zero-order valence-electron chi connectivity index (χ0n) is 11.2. The summed E-state index contributed by atoms with van der Waals surface area (Å²) in [7, 11) is 0. The highest BCUT2D eigenvalue weighted by atomic mass is 19.4. The van der Waals surface area contributed by atoms with Crippen molar-refractivity contribution in [3.63, 3.8) is 0 Å². The van der Waals surface area contributed by atoms with E-state index in [1.54, 1.807) is 6.07 Å². The topological polar surface area (TPSA) is 79.5 Å². The molecule has 0 radical (unpaired) electrons. The highest BCUT2D eigenvalue weighted by molar-refractivity contribution is 5.93. The molecule has 2 heterocycles. The first-order chi connectivity index (χ1) is 9.63. The third-order valence-corrected chi connectivity index (χ3v) is 2.95. The third kappa shape index (κ3) is 2.97. The molecule has 0 aromatic carbocycles. The molecule has 0 saturated carbocycles. The van der Waals surface area contributed by atoms with Gasteiger partial charge in [-0.2, -0.15) is 18.3 Å². The Bertz CT molecular complexity index is 666. The lowest BCUT2D eigenvalue weighted by Gasteiger charge is -2.32. The summed E-state index contributed by atoms with van der Waals surface area (Å²) in [6, 6.07) is 2.87. The van der Waals surface area contributed by atoms with Gasteiger partial charge in [0.1, 0.15) is 5.69 Å². The molecule has 0 aliphatic heterocycles. The summed E-state index contributed by atoms with van der Waals surface area (Å²) in [5.41, 5.74) is -1.48. The summed E-state index contributed by atoms with van der Waals surface area (Å²) in [4.78, 5) is 16.1. The van der Waals surface area contributed by atoms with Crippen LogP contribution >= 0.6 is 0 Å². The molecule has 9 heteroatoms. The van der Waals surface area contributed by atoms with Crippen molar-refractivity contribution < 1.29 is 23.1 Å². The first-order valence-corrected chi connectivity index (χ1v) is 5.99. The zero-order chi connectivity index (χ0) is 15.8. The van der Waals surface area contributed by atoms with Crippen molar-refractivity contribution >= 4 is 11.6 Å². The largest absolute Gasteiger partial charge is 0.416 e. The third-order valence-electron chi connectivity index (χ3n) is 2.95. The highest BCUT2D eigenvalue weighted by Gasteiger charge is 2.48. The Morgan fingerprint density at radius 1 is 1.33 bits per heavy atom. The molecule has 2 N–H and O–H groups in total. The Kier molecular flexibility index (Phi) is 3.62. The number of rotatable bonds is 3. The summed E-state index contributed by atoms with van der Waals surface area (Å²) < 4.78 is 38.9. The van der Waals surface area contributed by atoms with E-state index in [0.29, 0.717) is 5.65 Å². The number of carbonyl (C=O) groups excluding carboxylic acids is 1. The van der Waals surface area contributed by atoms with Crippen molar-refractivity contribution in [2.24, 2.45) is 0 Å². The number of carbonyl (C=O) groups is 1. The van der Waals surface area contributed by atoms with Crippen LogP contribution in [0.3, 0.4) is 0 Å². The molecule has 0 saturated heterocycles. The maximum Gasteiger partial charge on any atom is 0.416 e. The van der Waals surface area contributed by atoms with Crippen LogP contribution in [0.1, 0.15) is 24.3 Å². The average Bonchev–Trinajstić information content (AvgIpc) is 2.83. The second-order valence-electron chi connectivity index (χ2n) is 5.05. The summed E-state index contributed by atoms with van der Waals surface area (Å²) in [6.45, 7) is 2.18. The average molecular weight is 302 g/mol. The van der Waals surface area contributed by atoms with Crippen LogP contribution in [0.25, 0.3) is 5.65 Å². The Labute approximate surface area is 117 Å². The van der Waals surface area contributed by atoms with Gasteiger partial charge >= 0.3 is 6.18 Å². The molecular weight excluding hydrogens is 289 g/mol. The molecule has 0 aliphatic rings. The van der Waals surface area contributed by atoms with E-state index in [0.717, 1.165) is 13.8 Å². The van der Waals surface area contributed by atoms with Crippen LogP contribution in [0.5, 0.6) is 0 Å². The van der Waals surface area contributed by atoms with Crippen molar-refractivity contribution in [2.45, 2.75) is 31.7 Å². The molecule has 114 valence electrons. The van der Waals surface area contributed by atoms with Crippen LogP contribution in [0.2, 0.25) is 0 Å². The predicted molar refractivity (Wildman–Crippen MR) is 66.6 cm³/mol. The maximum atomic E-state index is 12.6. The van der Waals surface area contributed by atoms with Crippen molar-refractivity contribution in [3.8, 4) is 0 Å². The number of alkyl halides is 3. The van der Waals surface area contributed by atoms with Crippen LogP contribution < -0.4 is 5.32 Å². The van der Waals surface area contributed by atoms with Gasteiger partial charge in [0.25, 0.3) is 5.91 Å². The molecule has 2 aromatic rings. The van der Waals surface area contributed by atoms with E-state index in [2.05, 4.69) is 15.4 Å². The summed E-state index contributed by atoms with van der Waals surface area (Å²) in [6.07, 6.45) is -4.77. The number of nitrogens with zero attached hydrogens (tertiary/aromatic N) is 3. The van der Waals surface area contributed by atoms with E-state index in [9.17, 15) is 23.1 Å². The summed E-state index contributed by atoms with van der Waals surface area (Å²) >= 11 is 0. The molecule has 0 spiro atoms. The molecule has 2 rings (SSSR count). The van der Waals surface area contributed by atoms with Gasteiger partial charge in [-0.15, -0.1) is 0 Å². The van der Waals surface area contributed by atoms with Crippen molar-refractivity contribution in [2.75, 3.05) is 0 Å². The lowest BCUT2D eigenvalue weighted by molar-refractivity contribution is -0.222. The van der Waals surface area contributed by atoms with Crippen LogP contribution in [0, 0.1) is 0 Å². The molecule has 21 heavy (non-hydrogen) atoms. The Morgan fingerprint density at radius 3 is 2.62 bits per heavy atom. The van der Waals surface area contributed by atoms with Crippen molar-refractivity contribution in [3.05, 3.63) is 30.2 Å². The highest BCUT2D eigenvalue weighted by Crippen LogP contribution is 2.28. The number of nitrogens with one attached hydrogen (secondary N) is 1. The smallest absolute Gasteiger partial charge is 0.382 e. The van der Waals surface area contributed by atoms with Crippen LogP contribution in [-0.2, 0) is 0 Å². The van der Waals surface area contributed by atoms with Gasteiger partial charge < -0.3 is 10.4 Å². The monoisotopic (exact) mass is 302 g/mol. The Balaban J connectivity index is 2.27. The normalized spacial score (nSPS) is 14.2. The van der Waals surface area contributed by atoms with Gasteiger partial charge in [-0.1, -0.05) is 0 Å². The first kappa shape index (κ1) is 15.2. The second-order valence-corrected chi connectivity index (χ2v) is 5.05. The number of aliphatic hydroxyl groups excluding tert-OH is 1. The molecule has 2 aromatic heterocycles. The van der Waals surface area contributed by atoms with Crippen LogP contribution in [0.4, 0.5) is 13.2 Å². The van der Waals surface area contributed by atoms with E-state index in [-0.39, 0.29) is 5.69 Å². The van der Waals surface area contributed by atoms with Crippen molar-refractivity contribution in [1.82, 2.24) is 19.9 Å². The van der Waals surface area contributed by atoms with E-state index < -0.39 is 23.7 Å². The standard InChI is InChI=1S/C12H13F3N4O2/c1-11(2,10(21)12(13,14)15)18-9(20)7-3-5-16-8-4-6-17-19(7)8/h3-6,10,21H,1-2H3,(H,18,20)/t10-/m0/s1. The first-order valence-electron chi connectivity index (χ1n) is 5.99. The number of halogens is 3. The van der Waals surface area contributed by atoms with Gasteiger partial charge in [0.2, 0.25) is 0 Å². The minimum Gasteiger partial charge on any atom is -0.382 e. The number of aliphatic hydroxyl groups is 1. The summed E-state index contributed by atoms with van der Waals surface area (Å²) in [5, 5.41) is 15.3. The van der Waals surface area contributed by atoms with E-state index >= 15 is 0 Å². The zero-order valence-corrected chi connectivity index (χ0v) is 11.2. The van der Waals surface area contributed by atoms with E-state index in [1.165, 1.54) is 23.0 Å². The predicted octanol–water partition coefficient (Wildman–Crippen LogP) is 1.16. The molecule has 0 bridgehead atoms. The molecule has 1 atom stereocenters. The molecule has 0 aliphatic carbocycles. The van der Waals surface area contributed by atoms with Crippen LogP contribution in [-0.4, -0.2) is 43.4 Å². The molecule has 0 fully saturated rings. The fraction of sp³-hybridized carbons (Fsp3) is 0.417. The van der Waals surface area contributed by atoms with Gasteiger partial charge in [-0.05, 0) is 19.9 Å². The number of hydrogen-bond donors (Lipinski definition) is 2. The van der Waals surface area contributed by atoms with Crippen molar-refractivity contribution in [1.29, 1.82) is 0 Å². The second kappa shape index (κ2) is 4.99. The van der Waals surface area contributed by atoms with E-state index in [1.807, 2.05) is 0 Å². The van der Waals surface area contributed by atoms with Gasteiger partial charge in [-0.3, -0.25) is 4.79 Å². The van der Waals surface area contributed by atoms with Crippen LogP contribution in [0.15, 0.2) is 24.5 Å². The van der Waals surface area contributed by atoms with E-state index in [4.69, 9.17) is 0 Å². The van der Waals surface area contributed by atoms with Gasteiger partial charge in [0.15, 0.2) is 11.8 Å². The molecule has 6 nitrogen and oxygen atoms in total. The van der Waals surface area contributed by atoms with Gasteiger partial charge in [-0.25, -0.2) is 9.50 Å². The Morgan fingerprint density at radius 2 is 2.00 bits per heavy atom. The SMILES string of the molecule is CC(C)(NC(=O)c1ccnc2ccnn12)[C@H](O)C(F)(F)F. The number of amides is 1. The Hall–Kier alpha value is -2.16. The number of aromatic nitrogens is 3.